The van der Waals surface area contributed by atoms with Crippen molar-refractivity contribution in [1.29, 1.82) is 0 Å². The lowest BCUT2D eigenvalue weighted by molar-refractivity contribution is 0.311. The van der Waals surface area contributed by atoms with E-state index in [1.807, 2.05) is 67.6 Å². The fraction of sp³-hybridized carbons (Fsp3) is 0.120. The molecule has 1 aromatic heterocycles. The van der Waals surface area contributed by atoms with Crippen molar-refractivity contribution in [3.8, 4) is 33.2 Å². The van der Waals surface area contributed by atoms with E-state index in [0.29, 0.717) is 28.3 Å². The number of anilines is 1. The van der Waals surface area contributed by atoms with Gasteiger partial charge in [0.15, 0.2) is 11.5 Å². The smallest absolute Gasteiger partial charge is 0.204 e. The maximum atomic E-state index is 6.07. The molecule has 4 rings (SSSR count). The number of benzene rings is 3. The van der Waals surface area contributed by atoms with E-state index < -0.39 is 0 Å². The number of hydrogen-bond acceptors (Lipinski definition) is 6. The largest absolute Gasteiger partial charge is 0.493 e. The molecule has 1 heterocycles. The van der Waals surface area contributed by atoms with Crippen LogP contribution in [0.3, 0.4) is 0 Å². The molecule has 0 saturated heterocycles. The van der Waals surface area contributed by atoms with Crippen LogP contribution in [0.2, 0.25) is 5.02 Å². The number of thiazole rings is 1. The lowest BCUT2D eigenvalue weighted by Gasteiger charge is -2.09. The molecule has 162 valence electrons. The molecule has 32 heavy (non-hydrogen) atoms. The standard InChI is InChI=1S/C25H22ClN3O2S/c1-3-31-22-15-17(9-14-21(22)30-2)16-27-29-25-28-23(18-10-12-20(26)13-11-18)24(32-25)19-7-5-4-6-8-19/h4-16H,3H2,1-2H3,(H,28,29). The van der Waals surface area contributed by atoms with E-state index in [9.17, 15) is 0 Å². The van der Waals surface area contributed by atoms with Gasteiger partial charge in [0.25, 0.3) is 0 Å². The third-order valence-electron chi connectivity index (χ3n) is 4.64. The molecular formula is C25H22ClN3O2S. The van der Waals surface area contributed by atoms with E-state index >= 15 is 0 Å². The van der Waals surface area contributed by atoms with Gasteiger partial charge in [-0.25, -0.2) is 4.98 Å². The van der Waals surface area contributed by atoms with Crippen molar-refractivity contribution in [2.24, 2.45) is 5.10 Å². The van der Waals surface area contributed by atoms with E-state index in [0.717, 1.165) is 27.3 Å². The van der Waals surface area contributed by atoms with Gasteiger partial charge in [0.05, 0.1) is 30.5 Å². The van der Waals surface area contributed by atoms with Gasteiger partial charge >= 0.3 is 0 Å². The zero-order valence-electron chi connectivity index (χ0n) is 17.7. The zero-order chi connectivity index (χ0) is 22.3. The predicted molar refractivity (Wildman–Crippen MR) is 133 cm³/mol. The summed E-state index contributed by atoms with van der Waals surface area (Å²) in [6.07, 6.45) is 1.73. The van der Waals surface area contributed by atoms with Gasteiger partial charge < -0.3 is 9.47 Å². The second-order valence-electron chi connectivity index (χ2n) is 6.78. The normalized spacial score (nSPS) is 11.0. The van der Waals surface area contributed by atoms with Crippen LogP contribution in [0, 0.1) is 0 Å². The number of nitrogens with zero attached hydrogens (tertiary/aromatic N) is 2. The molecule has 0 saturated carbocycles. The molecule has 0 aliphatic heterocycles. The second kappa shape index (κ2) is 10.3. The summed E-state index contributed by atoms with van der Waals surface area (Å²) in [5.74, 6) is 1.38. The van der Waals surface area contributed by atoms with Crippen molar-refractivity contribution in [3.05, 3.63) is 83.4 Å². The molecule has 0 bridgehead atoms. The summed E-state index contributed by atoms with van der Waals surface area (Å²) in [6, 6.07) is 23.6. The van der Waals surface area contributed by atoms with E-state index in [-0.39, 0.29) is 0 Å². The summed E-state index contributed by atoms with van der Waals surface area (Å²) >= 11 is 7.62. The Morgan fingerprint density at radius 2 is 1.78 bits per heavy atom. The van der Waals surface area contributed by atoms with Crippen LogP contribution in [-0.2, 0) is 0 Å². The van der Waals surface area contributed by atoms with Gasteiger partial charge in [0.2, 0.25) is 5.13 Å². The van der Waals surface area contributed by atoms with Crippen LogP contribution in [0.4, 0.5) is 5.13 Å². The van der Waals surface area contributed by atoms with Gasteiger partial charge in [-0.05, 0) is 48.4 Å². The highest BCUT2D eigenvalue weighted by Gasteiger charge is 2.15. The fourth-order valence-electron chi connectivity index (χ4n) is 3.16. The van der Waals surface area contributed by atoms with E-state index in [1.165, 1.54) is 0 Å². The quantitative estimate of drug-likeness (QED) is 0.226. The maximum Gasteiger partial charge on any atom is 0.204 e. The summed E-state index contributed by atoms with van der Waals surface area (Å²) < 4.78 is 11.0. The highest BCUT2D eigenvalue weighted by atomic mass is 35.5. The molecular weight excluding hydrogens is 442 g/mol. The highest BCUT2D eigenvalue weighted by molar-refractivity contribution is 7.19. The van der Waals surface area contributed by atoms with Gasteiger partial charge in [-0.3, -0.25) is 5.43 Å². The Labute approximate surface area is 196 Å². The topological polar surface area (TPSA) is 55.7 Å². The minimum atomic E-state index is 0.560. The van der Waals surface area contributed by atoms with Crippen molar-refractivity contribution in [3.63, 3.8) is 0 Å². The van der Waals surface area contributed by atoms with Crippen LogP contribution >= 0.6 is 22.9 Å². The SMILES string of the molecule is CCOc1cc(C=NNc2nc(-c3ccc(Cl)cc3)c(-c3ccccc3)s2)ccc1OC. The van der Waals surface area contributed by atoms with Gasteiger partial charge in [0.1, 0.15) is 0 Å². The average molecular weight is 464 g/mol. The number of ether oxygens (including phenoxy) is 2. The molecule has 3 aromatic carbocycles. The average Bonchev–Trinajstić information content (AvgIpc) is 3.25. The van der Waals surface area contributed by atoms with E-state index in [1.54, 1.807) is 24.7 Å². The molecule has 0 unspecified atom stereocenters. The van der Waals surface area contributed by atoms with Crippen molar-refractivity contribution in [2.45, 2.75) is 6.92 Å². The van der Waals surface area contributed by atoms with Crippen molar-refractivity contribution in [2.75, 3.05) is 19.1 Å². The number of rotatable bonds is 8. The number of hydrogen-bond donors (Lipinski definition) is 1. The minimum Gasteiger partial charge on any atom is -0.493 e. The number of methoxy groups -OCH3 is 1. The summed E-state index contributed by atoms with van der Waals surface area (Å²) in [5.41, 5.74) is 6.94. The van der Waals surface area contributed by atoms with Gasteiger partial charge in [-0.2, -0.15) is 5.10 Å². The Bertz CT molecular complexity index is 1210. The number of halogens is 1. The summed E-state index contributed by atoms with van der Waals surface area (Å²) in [7, 11) is 1.62. The lowest BCUT2D eigenvalue weighted by atomic mass is 10.1. The summed E-state index contributed by atoms with van der Waals surface area (Å²) in [4.78, 5) is 5.86. The number of aromatic nitrogens is 1. The third-order valence-corrected chi connectivity index (χ3v) is 5.90. The Morgan fingerprint density at radius 1 is 1.00 bits per heavy atom. The first-order valence-corrected chi connectivity index (χ1v) is 11.3. The molecule has 4 aromatic rings. The molecule has 0 fully saturated rings. The number of nitrogens with one attached hydrogen (secondary N) is 1. The van der Waals surface area contributed by atoms with Gasteiger partial charge in [0, 0.05) is 10.6 Å². The fourth-order valence-corrected chi connectivity index (χ4v) is 4.23. The van der Waals surface area contributed by atoms with Crippen LogP contribution < -0.4 is 14.9 Å². The lowest BCUT2D eigenvalue weighted by Crippen LogP contribution is -1.97. The minimum absolute atomic E-state index is 0.560. The second-order valence-corrected chi connectivity index (χ2v) is 8.22. The van der Waals surface area contributed by atoms with Gasteiger partial charge in [-0.1, -0.05) is 65.4 Å². The Kier molecular flexibility index (Phi) is 7.04. The summed E-state index contributed by atoms with van der Waals surface area (Å²) in [5, 5.41) is 5.77. The van der Waals surface area contributed by atoms with Crippen LogP contribution in [0.5, 0.6) is 11.5 Å². The molecule has 0 atom stereocenters. The predicted octanol–water partition coefficient (Wildman–Crippen LogP) is 6.98. The van der Waals surface area contributed by atoms with Crippen LogP contribution in [0.1, 0.15) is 12.5 Å². The molecule has 5 nitrogen and oxygen atoms in total. The Balaban J connectivity index is 1.60. The number of hydrazone groups is 1. The molecule has 7 heteroatoms. The molecule has 1 N–H and O–H groups in total. The Morgan fingerprint density at radius 3 is 2.50 bits per heavy atom. The van der Waals surface area contributed by atoms with Crippen molar-refractivity contribution < 1.29 is 9.47 Å². The van der Waals surface area contributed by atoms with Crippen molar-refractivity contribution in [1.82, 2.24) is 4.98 Å². The van der Waals surface area contributed by atoms with E-state index in [4.69, 9.17) is 26.1 Å². The monoisotopic (exact) mass is 463 g/mol. The highest BCUT2D eigenvalue weighted by Crippen LogP contribution is 2.39. The van der Waals surface area contributed by atoms with Gasteiger partial charge in [-0.15, -0.1) is 0 Å². The van der Waals surface area contributed by atoms with Crippen LogP contribution in [-0.4, -0.2) is 24.9 Å². The third kappa shape index (κ3) is 5.10. The molecule has 0 spiro atoms. The molecule has 0 aliphatic carbocycles. The molecule has 0 amide bonds. The molecule has 0 aliphatic rings. The zero-order valence-corrected chi connectivity index (χ0v) is 19.3. The van der Waals surface area contributed by atoms with E-state index in [2.05, 4.69) is 22.7 Å². The molecule has 0 radical (unpaired) electrons. The first-order chi connectivity index (χ1) is 15.7. The van der Waals surface area contributed by atoms with Crippen LogP contribution in [0.25, 0.3) is 21.7 Å². The van der Waals surface area contributed by atoms with Crippen molar-refractivity contribution >= 4 is 34.3 Å². The summed E-state index contributed by atoms with van der Waals surface area (Å²) in [6.45, 7) is 2.50. The first kappa shape index (κ1) is 21.9. The Hall–Kier alpha value is -3.35. The first-order valence-electron chi connectivity index (χ1n) is 10.1. The van der Waals surface area contributed by atoms with Crippen LogP contribution in [0.15, 0.2) is 77.9 Å². The maximum absolute atomic E-state index is 6.07.